The summed E-state index contributed by atoms with van der Waals surface area (Å²) < 4.78 is 57.4. The van der Waals surface area contributed by atoms with Gasteiger partial charge >= 0.3 is 0 Å². The van der Waals surface area contributed by atoms with Crippen molar-refractivity contribution < 1.29 is 26.5 Å². The van der Waals surface area contributed by atoms with Crippen molar-refractivity contribution in [2.24, 2.45) is 11.5 Å². The van der Waals surface area contributed by atoms with Crippen molar-refractivity contribution in [3.05, 3.63) is 57.6 Å². The van der Waals surface area contributed by atoms with E-state index in [1.165, 1.54) is 0 Å². The summed E-state index contributed by atoms with van der Waals surface area (Å²) in [5.41, 5.74) is 15.9. The first-order valence-electron chi connectivity index (χ1n) is 16.1. The molecule has 2 rings (SSSR count). The lowest BCUT2D eigenvalue weighted by atomic mass is 10.1. The smallest absolute Gasteiger partial charge is 0.265 e. The number of aryl methyl sites for hydroxylation is 6. The first kappa shape index (κ1) is 42.4. The van der Waals surface area contributed by atoms with Gasteiger partial charge in [-0.2, -0.15) is 0 Å². The molecular weight excluding hydrogens is 648 g/mol. The molecule has 0 aliphatic rings. The van der Waals surface area contributed by atoms with E-state index in [-0.39, 0.29) is 54.9 Å². The SMILES string of the molecule is Cc1cc(C)c(S(=O)(=O)N(CCCCCCN)OCCCON(CCCCCCN)S(=O)(=O)c2c(C)cc(C)cc2C)c(C)c1.Cl. The third-order valence-corrected chi connectivity index (χ3v) is 11.6. The van der Waals surface area contributed by atoms with Crippen LogP contribution in [0.1, 0.15) is 91.2 Å². The van der Waals surface area contributed by atoms with Crippen molar-refractivity contribution in [2.75, 3.05) is 39.4 Å². The Kier molecular flexibility index (Phi) is 19.1. The zero-order valence-electron chi connectivity index (χ0n) is 28.6. The normalized spacial score (nSPS) is 12.2. The van der Waals surface area contributed by atoms with Crippen LogP contribution in [0.3, 0.4) is 0 Å². The van der Waals surface area contributed by atoms with Crippen molar-refractivity contribution >= 4 is 32.5 Å². The number of rotatable bonds is 22. The van der Waals surface area contributed by atoms with E-state index >= 15 is 0 Å². The minimum atomic E-state index is -3.94. The summed E-state index contributed by atoms with van der Waals surface area (Å²) in [6, 6.07) is 7.43. The molecular formula is C33H57ClN4O6S2. The standard InChI is InChI=1S/C33H56N4O6S2.ClH/c1-26-22-28(3)32(29(4)23-26)44(38,39)36(18-13-9-7-11-16-34)42-20-15-21-43-37(19-14-10-8-12-17-35)45(40,41)33-30(5)24-27(2)25-31(33)6;/h22-25H,7-21,34-35H2,1-6H3;1H. The Morgan fingerprint density at radius 3 is 1.13 bits per heavy atom. The maximum atomic E-state index is 13.8. The van der Waals surface area contributed by atoms with Crippen LogP contribution in [0.5, 0.6) is 0 Å². The number of unbranched alkanes of at least 4 members (excludes halogenated alkanes) is 6. The van der Waals surface area contributed by atoms with Gasteiger partial charge in [0.25, 0.3) is 20.0 Å². The zero-order chi connectivity index (χ0) is 33.6. The summed E-state index contributed by atoms with van der Waals surface area (Å²) in [4.78, 5) is 12.3. The van der Waals surface area contributed by atoms with Gasteiger partial charge in [-0.3, -0.25) is 9.68 Å². The third-order valence-electron chi connectivity index (χ3n) is 7.61. The molecule has 0 radical (unpaired) electrons. The van der Waals surface area contributed by atoms with Crippen LogP contribution in [0.4, 0.5) is 0 Å². The Morgan fingerprint density at radius 2 is 0.826 bits per heavy atom. The molecule has 0 amide bonds. The van der Waals surface area contributed by atoms with Crippen LogP contribution in [-0.2, 0) is 29.7 Å². The van der Waals surface area contributed by atoms with Gasteiger partial charge < -0.3 is 11.5 Å². The Bertz CT molecular complexity index is 1280. The van der Waals surface area contributed by atoms with E-state index in [0.717, 1.165) is 58.6 Å². The van der Waals surface area contributed by atoms with Crippen molar-refractivity contribution in [3.8, 4) is 0 Å². The number of nitrogens with zero attached hydrogens (tertiary/aromatic N) is 2. The monoisotopic (exact) mass is 704 g/mol. The second-order valence-electron chi connectivity index (χ2n) is 11.9. The van der Waals surface area contributed by atoms with E-state index < -0.39 is 20.0 Å². The molecule has 10 nitrogen and oxygen atoms in total. The number of hydrogen-bond donors (Lipinski definition) is 2. The van der Waals surface area contributed by atoms with Crippen molar-refractivity contribution in [3.63, 3.8) is 0 Å². The number of hydrogen-bond acceptors (Lipinski definition) is 8. The van der Waals surface area contributed by atoms with Crippen LogP contribution in [0.2, 0.25) is 0 Å². The molecule has 4 N–H and O–H groups in total. The molecule has 0 aliphatic carbocycles. The molecule has 264 valence electrons. The van der Waals surface area contributed by atoms with E-state index in [1.807, 2.05) is 38.1 Å². The minimum Gasteiger partial charge on any atom is -0.330 e. The lowest BCUT2D eigenvalue weighted by Crippen LogP contribution is -2.35. The molecule has 2 aromatic rings. The van der Waals surface area contributed by atoms with Gasteiger partial charge in [-0.15, -0.1) is 12.4 Å². The van der Waals surface area contributed by atoms with E-state index in [1.54, 1.807) is 27.7 Å². The molecule has 0 spiro atoms. The molecule has 0 atom stereocenters. The van der Waals surface area contributed by atoms with Gasteiger partial charge in [-0.1, -0.05) is 70.0 Å². The molecule has 13 heteroatoms. The fourth-order valence-electron chi connectivity index (χ4n) is 5.73. The highest BCUT2D eigenvalue weighted by Crippen LogP contribution is 2.28. The van der Waals surface area contributed by atoms with Crippen LogP contribution >= 0.6 is 12.4 Å². The molecule has 46 heavy (non-hydrogen) atoms. The Balaban J connectivity index is 0.0000106. The largest absolute Gasteiger partial charge is 0.330 e. The summed E-state index contributed by atoms with van der Waals surface area (Å²) in [5.74, 6) is 0. The van der Waals surface area contributed by atoms with E-state index in [0.29, 0.717) is 48.2 Å². The van der Waals surface area contributed by atoms with Crippen LogP contribution in [0, 0.1) is 41.5 Å². The van der Waals surface area contributed by atoms with Gasteiger partial charge in [0, 0.05) is 13.1 Å². The first-order valence-corrected chi connectivity index (χ1v) is 19.0. The van der Waals surface area contributed by atoms with E-state index in [4.69, 9.17) is 21.1 Å². The number of sulfonamides is 2. The lowest BCUT2D eigenvalue weighted by molar-refractivity contribution is -0.117. The molecule has 0 saturated carbocycles. The second kappa shape index (κ2) is 20.7. The topological polar surface area (TPSA) is 145 Å². The summed E-state index contributed by atoms with van der Waals surface area (Å²) in [5, 5.41) is 0. The number of halogens is 1. The number of hydroxylamine groups is 2. The number of benzene rings is 2. The maximum absolute atomic E-state index is 13.8. The number of nitrogens with two attached hydrogens (primary N) is 2. The van der Waals surface area contributed by atoms with E-state index in [2.05, 4.69) is 0 Å². The van der Waals surface area contributed by atoms with Crippen LogP contribution < -0.4 is 11.5 Å². The quantitative estimate of drug-likeness (QED) is 0.113. The van der Waals surface area contributed by atoms with Crippen molar-refractivity contribution in [2.45, 2.75) is 109 Å². The van der Waals surface area contributed by atoms with Gasteiger partial charge in [-0.05, 0) is 109 Å². The van der Waals surface area contributed by atoms with Crippen LogP contribution in [-0.4, -0.2) is 65.2 Å². The zero-order valence-corrected chi connectivity index (χ0v) is 31.1. The average molecular weight is 705 g/mol. The minimum absolute atomic E-state index is 0. The third kappa shape index (κ3) is 12.4. The van der Waals surface area contributed by atoms with Gasteiger partial charge in [0.1, 0.15) is 0 Å². The predicted octanol–water partition coefficient (Wildman–Crippen LogP) is 5.93. The molecule has 0 heterocycles. The second-order valence-corrected chi connectivity index (χ2v) is 15.5. The maximum Gasteiger partial charge on any atom is 0.265 e. The molecule has 0 saturated heterocycles. The lowest BCUT2D eigenvalue weighted by Gasteiger charge is -2.25. The van der Waals surface area contributed by atoms with Gasteiger partial charge in [0.05, 0.1) is 23.0 Å². The van der Waals surface area contributed by atoms with Crippen LogP contribution in [0.25, 0.3) is 0 Å². The molecule has 0 bridgehead atoms. The fraction of sp³-hybridized carbons (Fsp3) is 0.636. The summed E-state index contributed by atoms with van der Waals surface area (Å²) >= 11 is 0. The Hall–Kier alpha value is -1.61. The summed E-state index contributed by atoms with van der Waals surface area (Å²) in [6.07, 6.45) is 6.81. The highest BCUT2D eigenvalue weighted by atomic mass is 35.5. The molecule has 0 aromatic heterocycles. The predicted molar refractivity (Wildman–Crippen MR) is 188 cm³/mol. The molecule has 0 fully saturated rings. The van der Waals surface area contributed by atoms with Gasteiger partial charge in [-0.25, -0.2) is 16.8 Å². The fourth-order valence-corrected chi connectivity index (χ4v) is 9.16. The molecule has 0 unspecified atom stereocenters. The average Bonchev–Trinajstić information content (AvgIpc) is 2.92. The van der Waals surface area contributed by atoms with E-state index in [9.17, 15) is 16.8 Å². The first-order chi connectivity index (χ1) is 21.3. The molecule has 2 aromatic carbocycles. The highest BCUT2D eigenvalue weighted by molar-refractivity contribution is 7.89. The summed E-state index contributed by atoms with van der Waals surface area (Å²) in [7, 11) is -7.87. The van der Waals surface area contributed by atoms with Crippen molar-refractivity contribution in [1.29, 1.82) is 0 Å². The summed E-state index contributed by atoms with van der Waals surface area (Å²) in [6.45, 7) is 12.7. The van der Waals surface area contributed by atoms with Gasteiger partial charge in [0.2, 0.25) is 0 Å². The highest BCUT2D eigenvalue weighted by Gasteiger charge is 2.30. The van der Waals surface area contributed by atoms with Gasteiger partial charge in [0.15, 0.2) is 0 Å². The Morgan fingerprint density at radius 1 is 0.522 bits per heavy atom. The molecule has 0 aliphatic heterocycles. The van der Waals surface area contributed by atoms with Crippen LogP contribution in [0.15, 0.2) is 34.1 Å². The van der Waals surface area contributed by atoms with Crippen molar-refractivity contribution in [1.82, 2.24) is 8.94 Å². The Labute approximate surface area is 284 Å².